The maximum atomic E-state index is 6.64. The molecule has 179 valence electrons. The van der Waals surface area contributed by atoms with Crippen molar-refractivity contribution in [3.63, 3.8) is 0 Å². The van der Waals surface area contributed by atoms with E-state index < -0.39 is 20.4 Å². The van der Waals surface area contributed by atoms with E-state index in [2.05, 4.69) is 52.1 Å². The van der Waals surface area contributed by atoms with Gasteiger partial charge in [-0.2, -0.15) is 4.89 Å². The lowest BCUT2D eigenvalue weighted by atomic mass is 9.60. The smallest absolute Gasteiger partial charge is 0.274 e. The molecule has 3 fully saturated rings. The molecule has 1 aromatic rings. The fourth-order valence-corrected chi connectivity index (χ4v) is 7.17. The highest BCUT2D eigenvalue weighted by molar-refractivity contribution is 6.49. The van der Waals surface area contributed by atoms with Crippen LogP contribution in [0.2, 0.25) is 13.1 Å². The first-order valence-electron chi connectivity index (χ1n) is 12.8. The molecule has 2 aliphatic carbocycles. The van der Waals surface area contributed by atoms with Crippen LogP contribution in [0.25, 0.3) is 0 Å². The normalized spacial score (nSPS) is 27.3. The zero-order valence-electron chi connectivity index (χ0n) is 21.1. The van der Waals surface area contributed by atoms with Crippen LogP contribution in [-0.2, 0) is 25.7 Å². The van der Waals surface area contributed by atoms with Crippen molar-refractivity contribution >= 4 is 9.04 Å². The predicted octanol–water partition coefficient (Wildman–Crippen LogP) is 7.27. The molecule has 1 aromatic carbocycles. The quantitative estimate of drug-likeness (QED) is 0.331. The lowest BCUT2D eigenvalue weighted by molar-refractivity contribution is -0.639. The number of hydrogen-bond acceptors (Lipinski definition) is 4. The second-order valence-electron chi connectivity index (χ2n) is 11.4. The van der Waals surface area contributed by atoms with Gasteiger partial charge < -0.3 is 9.16 Å². The summed E-state index contributed by atoms with van der Waals surface area (Å²) in [5.74, 6) is 0.949. The van der Waals surface area contributed by atoms with Crippen LogP contribution in [0.15, 0.2) is 18.2 Å². The summed E-state index contributed by atoms with van der Waals surface area (Å²) in [6.07, 6.45) is 12.5. The van der Waals surface area contributed by atoms with Crippen molar-refractivity contribution < 1.29 is 18.9 Å². The van der Waals surface area contributed by atoms with E-state index in [1.807, 2.05) is 0 Å². The van der Waals surface area contributed by atoms with E-state index in [0.29, 0.717) is 11.8 Å². The zero-order valence-corrected chi connectivity index (χ0v) is 22.1. The highest BCUT2D eigenvalue weighted by Gasteiger charge is 2.73. The van der Waals surface area contributed by atoms with Gasteiger partial charge >= 0.3 is 0 Å². The molecule has 0 aromatic heterocycles. The monoisotopic (exact) mass is 459 g/mol. The van der Waals surface area contributed by atoms with E-state index in [9.17, 15) is 0 Å². The van der Waals surface area contributed by atoms with Gasteiger partial charge in [-0.25, -0.2) is 4.89 Å². The lowest BCUT2D eigenvalue weighted by Crippen LogP contribution is -2.73. The Labute approximate surface area is 197 Å². The summed E-state index contributed by atoms with van der Waals surface area (Å²) < 4.78 is 13.1. The SMILES string of the molecule is COC1(c2cccc(C(C)(C)C)c2O[Si](C)C)OOC1(C1CCCCC1)C1CCCCC1. The molecule has 4 nitrogen and oxygen atoms in total. The van der Waals surface area contributed by atoms with Gasteiger partial charge in [-0.3, -0.25) is 0 Å². The molecular weight excluding hydrogens is 416 g/mol. The summed E-state index contributed by atoms with van der Waals surface area (Å²) >= 11 is 0. The summed E-state index contributed by atoms with van der Waals surface area (Å²) in [7, 11) is 0.826. The standard InChI is InChI=1S/C27H43O4Si/c1-25(2,3)22-18-13-19-23(24(22)29-32(5)6)27(28-4)26(30-31-27,20-14-9-7-10-15-20)21-16-11-8-12-17-21/h13,18-21H,7-12,14-17H2,1-6H3. The third-order valence-electron chi connectivity index (χ3n) is 8.01. The van der Waals surface area contributed by atoms with Gasteiger partial charge in [-0.1, -0.05) is 71.4 Å². The molecule has 3 aliphatic rings. The van der Waals surface area contributed by atoms with E-state index in [-0.39, 0.29) is 5.41 Å². The summed E-state index contributed by atoms with van der Waals surface area (Å²) in [4.78, 5) is 12.5. The third kappa shape index (κ3) is 3.97. The van der Waals surface area contributed by atoms with Crippen LogP contribution in [0.3, 0.4) is 0 Å². The Morgan fingerprint density at radius 1 is 0.875 bits per heavy atom. The lowest BCUT2D eigenvalue weighted by Gasteiger charge is -2.62. The molecule has 0 spiro atoms. The Bertz CT molecular complexity index is 752. The summed E-state index contributed by atoms with van der Waals surface area (Å²) in [5, 5.41) is 0. The van der Waals surface area contributed by atoms with Crippen LogP contribution >= 0.6 is 0 Å². The molecule has 0 N–H and O–H groups in total. The minimum Gasteiger partial charge on any atom is -0.542 e. The molecule has 2 saturated carbocycles. The number of methoxy groups -OCH3 is 1. The van der Waals surface area contributed by atoms with E-state index in [0.717, 1.165) is 11.3 Å². The number of ether oxygens (including phenoxy) is 1. The van der Waals surface area contributed by atoms with Crippen LogP contribution < -0.4 is 4.43 Å². The molecule has 1 aliphatic heterocycles. The number of benzene rings is 1. The first-order valence-corrected chi connectivity index (χ1v) is 15.2. The Kier molecular flexibility index (Phi) is 7.12. The highest BCUT2D eigenvalue weighted by Crippen LogP contribution is 2.63. The number of para-hydroxylation sites is 1. The molecule has 1 atom stereocenters. The maximum Gasteiger partial charge on any atom is 0.274 e. The second kappa shape index (κ2) is 9.40. The van der Waals surface area contributed by atoms with E-state index in [1.54, 1.807) is 7.11 Å². The molecule has 1 saturated heterocycles. The Balaban J connectivity index is 1.89. The Hall–Kier alpha value is -0.883. The van der Waals surface area contributed by atoms with Crippen LogP contribution in [0.5, 0.6) is 5.75 Å². The van der Waals surface area contributed by atoms with Crippen molar-refractivity contribution in [3.8, 4) is 5.75 Å². The van der Waals surface area contributed by atoms with Crippen LogP contribution in [0.1, 0.15) is 96.1 Å². The number of hydrogen-bond donors (Lipinski definition) is 0. The molecule has 1 unspecified atom stereocenters. The van der Waals surface area contributed by atoms with Crippen molar-refractivity contribution in [2.45, 2.75) is 115 Å². The second-order valence-corrected chi connectivity index (χ2v) is 13.4. The maximum absolute atomic E-state index is 6.64. The first-order chi connectivity index (χ1) is 15.3. The highest BCUT2D eigenvalue weighted by atomic mass is 28.3. The van der Waals surface area contributed by atoms with Crippen molar-refractivity contribution in [1.29, 1.82) is 0 Å². The fourth-order valence-electron chi connectivity index (χ4n) is 6.54. The molecule has 5 heteroatoms. The van der Waals surface area contributed by atoms with E-state index in [1.165, 1.54) is 69.8 Å². The van der Waals surface area contributed by atoms with Gasteiger partial charge in [0.1, 0.15) is 5.75 Å². The number of rotatable bonds is 6. The Morgan fingerprint density at radius 3 is 1.84 bits per heavy atom. The summed E-state index contributed by atoms with van der Waals surface area (Å²) in [6, 6.07) is 6.52. The predicted molar refractivity (Wildman–Crippen MR) is 130 cm³/mol. The average molecular weight is 460 g/mol. The van der Waals surface area contributed by atoms with E-state index in [4.69, 9.17) is 18.9 Å². The zero-order chi connectivity index (χ0) is 23.0. The van der Waals surface area contributed by atoms with Crippen molar-refractivity contribution in [3.05, 3.63) is 29.3 Å². The topological polar surface area (TPSA) is 36.9 Å². The fraction of sp³-hybridized carbons (Fsp3) is 0.778. The molecule has 1 radical (unpaired) electrons. The van der Waals surface area contributed by atoms with Gasteiger partial charge in [0.25, 0.3) is 14.8 Å². The van der Waals surface area contributed by atoms with Gasteiger partial charge in [-0.05, 0) is 67.7 Å². The molecular formula is C27H43O4Si. The first kappa shape index (κ1) is 24.2. The Morgan fingerprint density at radius 2 is 1.44 bits per heavy atom. The minimum atomic E-state index is -0.980. The van der Waals surface area contributed by atoms with Crippen molar-refractivity contribution in [2.24, 2.45) is 11.8 Å². The van der Waals surface area contributed by atoms with E-state index >= 15 is 0 Å². The van der Waals surface area contributed by atoms with Gasteiger partial charge in [0.05, 0.1) is 5.56 Å². The van der Waals surface area contributed by atoms with Gasteiger partial charge in [0.15, 0.2) is 5.60 Å². The molecule has 4 rings (SSSR count). The van der Waals surface area contributed by atoms with Crippen LogP contribution in [-0.4, -0.2) is 21.8 Å². The van der Waals surface area contributed by atoms with Crippen molar-refractivity contribution in [2.75, 3.05) is 7.11 Å². The molecule has 0 amide bonds. The largest absolute Gasteiger partial charge is 0.542 e. The van der Waals surface area contributed by atoms with Crippen molar-refractivity contribution in [1.82, 2.24) is 0 Å². The third-order valence-corrected chi connectivity index (χ3v) is 8.62. The van der Waals surface area contributed by atoms with Gasteiger partial charge in [0.2, 0.25) is 0 Å². The molecule has 0 bridgehead atoms. The summed E-state index contributed by atoms with van der Waals surface area (Å²) in [5.41, 5.74) is 1.77. The van der Waals surface area contributed by atoms with Gasteiger partial charge in [0, 0.05) is 7.11 Å². The molecule has 1 heterocycles. The van der Waals surface area contributed by atoms with Crippen LogP contribution in [0, 0.1) is 11.8 Å². The minimum absolute atomic E-state index is 0.0411. The molecule has 32 heavy (non-hydrogen) atoms. The summed E-state index contributed by atoms with van der Waals surface area (Å²) in [6.45, 7) is 11.2. The van der Waals surface area contributed by atoms with Crippen LogP contribution in [0.4, 0.5) is 0 Å². The average Bonchev–Trinajstić information content (AvgIpc) is 2.75. The van der Waals surface area contributed by atoms with Gasteiger partial charge in [-0.15, -0.1) is 0 Å².